The minimum absolute atomic E-state index is 0.274. The molecule has 0 spiro atoms. The summed E-state index contributed by atoms with van der Waals surface area (Å²) in [5, 5.41) is 11.5. The third-order valence-electron chi connectivity index (χ3n) is 3.16. The normalized spacial score (nSPS) is 14.0. The largest absolute Gasteiger partial charge is 0.478 e. The molecule has 1 aromatic rings. The first kappa shape index (κ1) is 17.9. The van der Waals surface area contributed by atoms with Crippen molar-refractivity contribution in [2.75, 3.05) is 0 Å². The van der Waals surface area contributed by atoms with Gasteiger partial charge in [-0.1, -0.05) is 50.3 Å². The number of carbonyl (C=O) groups is 2. The lowest BCUT2D eigenvalue weighted by molar-refractivity contribution is -0.131. The van der Waals surface area contributed by atoms with Gasteiger partial charge in [-0.05, 0) is 24.3 Å². The van der Waals surface area contributed by atoms with Crippen LogP contribution >= 0.6 is 0 Å². The number of benzene rings is 1. The number of carboxylic acid groups (broad SMARTS) is 1. The summed E-state index contributed by atoms with van der Waals surface area (Å²) in [6.45, 7) is 4.02. The molecule has 1 aromatic carbocycles. The van der Waals surface area contributed by atoms with Crippen molar-refractivity contribution in [3.63, 3.8) is 0 Å². The van der Waals surface area contributed by atoms with Gasteiger partial charge in [0.15, 0.2) is 0 Å². The molecule has 2 atom stereocenters. The Morgan fingerprint density at radius 1 is 1.27 bits per heavy atom. The van der Waals surface area contributed by atoms with E-state index in [0.29, 0.717) is 18.8 Å². The highest BCUT2D eigenvalue weighted by molar-refractivity contribution is 5.83. The third-order valence-corrected chi connectivity index (χ3v) is 3.16. The van der Waals surface area contributed by atoms with Gasteiger partial charge in [-0.3, -0.25) is 4.79 Å². The minimum Gasteiger partial charge on any atom is -0.478 e. The number of amides is 1. The van der Waals surface area contributed by atoms with Crippen LogP contribution in [0.5, 0.6) is 0 Å². The molecule has 0 aliphatic rings. The number of rotatable bonds is 8. The Balaban J connectivity index is 2.62. The van der Waals surface area contributed by atoms with Crippen LogP contribution in [-0.2, 0) is 16.0 Å². The van der Waals surface area contributed by atoms with Crippen molar-refractivity contribution < 1.29 is 14.7 Å². The van der Waals surface area contributed by atoms with Crippen LogP contribution in [0.25, 0.3) is 0 Å². The topological polar surface area (TPSA) is 92.4 Å². The molecular formula is C17H24N2O3. The fourth-order valence-electron chi connectivity index (χ4n) is 2.14. The SMILES string of the molecule is CC(C)C[C@@H](/C=C/C(=O)O)NC(=O)[C@@H](N)Cc1ccccc1. The molecular weight excluding hydrogens is 280 g/mol. The maximum Gasteiger partial charge on any atom is 0.328 e. The summed E-state index contributed by atoms with van der Waals surface area (Å²) in [5.41, 5.74) is 6.92. The van der Waals surface area contributed by atoms with E-state index in [0.717, 1.165) is 11.6 Å². The Labute approximate surface area is 131 Å². The van der Waals surface area contributed by atoms with E-state index >= 15 is 0 Å². The quantitative estimate of drug-likeness (QED) is 0.638. The summed E-state index contributed by atoms with van der Waals surface area (Å²) in [5.74, 6) is -0.977. The van der Waals surface area contributed by atoms with Gasteiger partial charge in [-0.15, -0.1) is 0 Å². The summed E-state index contributed by atoms with van der Waals surface area (Å²) in [4.78, 5) is 22.8. The number of carboxylic acids is 1. The molecule has 0 radical (unpaired) electrons. The number of carbonyl (C=O) groups excluding carboxylic acids is 1. The van der Waals surface area contributed by atoms with Crippen molar-refractivity contribution in [2.45, 2.75) is 38.8 Å². The first-order valence-electron chi connectivity index (χ1n) is 7.39. The highest BCUT2D eigenvalue weighted by Gasteiger charge is 2.18. The highest BCUT2D eigenvalue weighted by Crippen LogP contribution is 2.07. The molecule has 0 aromatic heterocycles. The zero-order valence-electron chi connectivity index (χ0n) is 13.0. The van der Waals surface area contributed by atoms with Gasteiger partial charge >= 0.3 is 5.97 Å². The van der Waals surface area contributed by atoms with Crippen molar-refractivity contribution in [2.24, 2.45) is 11.7 Å². The second-order valence-corrected chi connectivity index (χ2v) is 5.74. The van der Waals surface area contributed by atoms with Crippen LogP contribution in [0.2, 0.25) is 0 Å². The average Bonchev–Trinajstić information content (AvgIpc) is 2.45. The molecule has 0 aliphatic carbocycles. The fraction of sp³-hybridized carbons (Fsp3) is 0.412. The van der Waals surface area contributed by atoms with Crippen molar-refractivity contribution in [1.82, 2.24) is 5.32 Å². The molecule has 1 rings (SSSR count). The average molecular weight is 304 g/mol. The van der Waals surface area contributed by atoms with Crippen LogP contribution in [0, 0.1) is 5.92 Å². The van der Waals surface area contributed by atoms with Gasteiger partial charge in [-0.2, -0.15) is 0 Å². The third kappa shape index (κ3) is 7.04. The van der Waals surface area contributed by atoms with Gasteiger partial charge in [0.25, 0.3) is 0 Å². The van der Waals surface area contributed by atoms with Gasteiger partial charge in [0.2, 0.25) is 5.91 Å². The molecule has 0 fully saturated rings. The maximum atomic E-state index is 12.2. The molecule has 4 N–H and O–H groups in total. The van der Waals surface area contributed by atoms with E-state index in [4.69, 9.17) is 10.8 Å². The Kier molecular flexibility index (Phi) is 7.32. The second-order valence-electron chi connectivity index (χ2n) is 5.74. The van der Waals surface area contributed by atoms with Crippen molar-refractivity contribution in [3.05, 3.63) is 48.0 Å². The summed E-state index contributed by atoms with van der Waals surface area (Å²) in [6.07, 6.45) is 3.66. The van der Waals surface area contributed by atoms with Crippen LogP contribution in [0.15, 0.2) is 42.5 Å². The standard InChI is InChI=1S/C17H24N2O3/c1-12(2)10-14(8-9-16(20)21)19-17(22)15(18)11-13-6-4-3-5-7-13/h3-9,12,14-15H,10-11,18H2,1-2H3,(H,19,22)(H,20,21)/b9-8+/t14-,15+/m1/s1. The van der Waals surface area contributed by atoms with Crippen LogP contribution in [0.4, 0.5) is 0 Å². The molecule has 0 aliphatic heterocycles. The summed E-state index contributed by atoms with van der Waals surface area (Å²) in [6, 6.07) is 8.56. The van der Waals surface area contributed by atoms with Gasteiger partial charge in [0, 0.05) is 12.1 Å². The minimum atomic E-state index is -1.03. The van der Waals surface area contributed by atoms with E-state index in [1.54, 1.807) is 0 Å². The number of nitrogens with two attached hydrogens (primary N) is 1. The Bertz CT molecular complexity index is 512. The zero-order valence-corrected chi connectivity index (χ0v) is 13.0. The molecule has 120 valence electrons. The van der Waals surface area contributed by atoms with Crippen LogP contribution < -0.4 is 11.1 Å². The maximum absolute atomic E-state index is 12.2. The molecule has 0 heterocycles. The van der Waals surface area contributed by atoms with E-state index in [2.05, 4.69) is 5.32 Å². The number of hydrogen-bond acceptors (Lipinski definition) is 3. The molecule has 0 saturated carbocycles. The summed E-state index contributed by atoms with van der Waals surface area (Å²) in [7, 11) is 0. The van der Waals surface area contributed by atoms with Gasteiger partial charge < -0.3 is 16.2 Å². The Morgan fingerprint density at radius 3 is 2.45 bits per heavy atom. The number of aliphatic carboxylic acids is 1. The lowest BCUT2D eigenvalue weighted by atomic mass is 10.0. The fourth-order valence-corrected chi connectivity index (χ4v) is 2.14. The summed E-state index contributed by atoms with van der Waals surface area (Å²) < 4.78 is 0. The van der Waals surface area contributed by atoms with E-state index in [9.17, 15) is 9.59 Å². The molecule has 0 bridgehead atoms. The van der Waals surface area contributed by atoms with Crippen LogP contribution in [0.3, 0.4) is 0 Å². The first-order chi connectivity index (χ1) is 10.4. The summed E-state index contributed by atoms with van der Waals surface area (Å²) >= 11 is 0. The lowest BCUT2D eigenvalue weighted by Crippen LogP contribution is -2.46. The predicted octanol–water partition coefficient (Wildman–Crippen LogP) is 1.73. The molecule has 22 heavy (non-hydrogen) atoms. The van der Waals surface area contributed by atoms with E-state index in [1.165, 1.54) is 6.08 Å². The molecule has 5 nitrogen and oxygen atoms in total. The predicted molar refractivity (Wildman–Crippen MR) is 86.3 cm³/mol. The molecule has 0 unspecified atom stereocenters. The Morgan fingerprint density at radius 2 is 1.91 bits per heavy atom. The van der Waals surface area contributed by atoms with Crippen molar-refractivity contribution in [3.8, 4) is 0 Å². The van der Waals surface area contributed by atoms with E-state index in [-0.39, 0.29) is 11.9 Å². The molecule has 1 amide bonds. The van der Waals surface area contributed by atoms with E-state index in [1.807, 2.05) is 44.2 Å². The number of hydrogen-bond donors (Lipinski definition) is 3. The van der Waals surface area contributed by atoms with Gasteiger partial charge in [-0.25, -0.2) is 4.79 Å². The van der Waals surface area contributed by atoms with Gasteiger partial charge in [0.1, 0.15) is 0 Å². The lowest BCUT2D eigenvalue weighted by Gasteiger charge is -2.20. The van der Waals surface area contributed by atoms with Gasteiger partial charge in [0.05, 0.1) is 6.04 Å². The van der Waals surface area contributed by atoms with Crippen molar-refractivity contribution in [1.29, 1.82) is 0 Å². The monoisotopic (exact) mass is 304 g/mol. The molecule has 0 saturated heterocycles. The first-order valence-corrected chi connectivity index (χ1v) is 7.39. The number of nitrogens with one attached hydrogen (secondary N) is 1. The van der Waals surface area contributed by atoms with Crippen LogP contribution in [-0.4, -0.2) is 29.1 Å². The second kappa shape index (κ2) is 9.00. The smallest absolute Gasteiger partial charge is 0.328 e. The van der Waals surface area contributed by atoms with Crippen molar-refractivity contribution >= 4 is 11.9 Å². The Hall–Kier alpha value is -2.14. The molecule has 5 heteroatoms. The van der Waals surface area contributed by atoms with Crippen LogP contribution in [0.1, 0.15) is 25.8 Å². The van der Waals surface area contributed by atoms with E-state index < -0.39 is 12.0 Å². The zero-order chi connectivity index (χ0) is 16.5. The highest BCUT2D eigenvalue weighted by atomic mass is 16.4.